The molecular formula is C27H27F3N4O8. The summed E-state index contributed by atoms with van der Waals surface area (Å²) in [5.74, 6) is -4.87. The van der Waals surface area contributed by atoms with Gasteiger partial charge in [-0.25, -0.2) is 9.78 Å². The lowest BCUT2D eigenvalue weighted by Crippen LogP contribution is -2.45. The van der Waals surface area contributed by atoms with E-state index in [4.69, 9.17) is 9.90 Å². The molecule has 1 saturated heterocycles. The van der Waals surface area contributed by atoms with Crippen molar-refractivity contribution in [1.82, 2.24) is 14.9 Å². The van der Waals surface area contributed by atoms with Crippen LogP contribution in [0.2, 0.25) is 0 Å². The molecule has 3 aliphatic carbocycles. The molecule has 0 radical (unpaired) electrons. The number of anilines is 1. The average molecular weight is 593 g/mol. The van der Waals surface area contributed by atoms with Crippen LogP contribution in [0, 0.1) is 29.6 Å². The number of hydrogen-bond donors (Lipinski definition) is 4. The molecule has 6 rings (SSSR count). The zero-order valence-electron chi connectivity index (χ0n) is 22.3. The zero-order valence-corrected chi connectivity index (χ0v) is 22.3. The van der Waals surface area contributed by atoms with Gasteiger partial charge in [0.2, 0.25) is 17.7 Å². The number of piperidine rings is 1. The minimum absolute atomic E-state index is 0.102. The fraction of sp³-hybridized carbons (Fsp3) is 0.519. The molecular weight excluding hydrogens is 565 g/mol. The van der Waals surface area contributed by atoms with Gasteiger partial charge in [-0.1, -0.05) is 12.5 Å². The first-order chi connectivity index (χ1) is 19.6. The minimum atomic E-state index is -5.08. The van der Waals surface area contributed by atoms with Gasteiger partial charge >= 0.3 is 18.1 Å². The van der Waals surface area contributed by atoms with Crippen LogP contribution in [-0.4, -0.2) is 55.6 Å². The minimum Gasteiger partial charge on any atom is -0.481 e. The number of halogens is 3. The van der Waals surface area contributed by atoms with Crippen LogP contribution in [0.5, 0.6) is 0 Å². The van der Waals surface area contributed by atoms with Gasteiger partial charge in [-0.2, -0.15) is 13.2 Å². The maximum absolute atomic E-state index is 13.3. The van der Waals surface area contributed by atoms with Gasteiger partial charge in [0.05, 0.1) is 17.0 Å². The number of carboxylic acid groups (broad SMARTS) is 2. The second-order valence-corrected chi connectivity index (χ2v) is 11.3. The maximum atomic E-state index is 13.3. The van der Waals surface area contributed by atoms with E-state index in [1.807, 2.05) is 0 Å². The molecule has 2 atom stereocenters. The van der Waals surface area contributed by atoms with Crippen molar-refractivity contribution in [2.45, 2.75) is 64.1 Å². The van der Waals surface area contributed by atoms with E-state index in [0.29, 0.717) is 29.9 Å². The quantitative estimate of drug-likeness (QED) is 0.387. The van der Waals surface area contributed by atoms with Gasteiger partial charge in [0.15, 0.2) is 0 Å². The molecule has 224 valence electrons. The summed E-state index contributed by atoms with van der Waals surface area (Å²) in [4.78, 5) is 75.4. The standard InChI is InChI=1S/C25H26N4O6.C2HF3O2/c1-12-26-18-14(22(33)29(12)16-6-7-17(30)28-21(16)32)4-2-5-15(18)27-20(31)13-10-25(11-13)19(23(34)35)24(25)8-3-9-24;3-2(4,5)1(6)7/h2,4-5,13,16,19H,3,6-11H2,1H3,(H,27,31)(H,34,35)(H,28,30,32);(H,6,7). The Morgan fingerprint density at radius 2 is 1.74 bits per heavy atom. The van der Waals surface area contributed by atoms with Crippen molar-refractivity contribution in [2.24, 2.45) is 22.7 Å². The van der Waals surface area contributed by atoms with E-state index in [0.717, 1.165) is 19.3 Å². The summed E-state index contributed by atoms with van der Waals surface area (Å²) in [5.41, 5.74) is 0.00568. The number of fused-ring (bicyclic) bond motifs is 2. The number of aliphatic carboxylic acids is 2. The highest BCUT2D eigenvalue weighted by Gasteiger charge is 2.84. The van der Waals surface area contributed by atoms with Crippen LogP contribution in [0.3, 0.4) is 0 Å². The normalized spacial score (nSPS) is 27.3. The molecule has 4 aliphatic rings. The molecule has 3 amide bonds. The van der Waals surface area contributed by atoms with Gasteiger partial charge in [0.1, 0.15) is 17.4 Å². The fourth-order valence-corrected chi connectivity index (χ4v) is 7.16. The summed E-state index contributed by atoms with van der Waals surface area (Å²) in [7, 11) is 0. The van der Waals surface area contributed by atoms with Crippen molar-refractivity contribution in [3.63, 3.8) is 0 Å². The second-order valence-electron chi connectivity index (χ2n) is 11.3. The first-order valence-electron chi connectivity index (χ1n) is 13.3. The van der Waals surface area contributed by atoms with Gasteiger partial charge in [-0.3, -0.25) is 33.9 Å². The SMILES string of the molecule is Cc1nc2c(NC(=O)C3CC4(C3)C(C(=O)O)C43CCC3)cccc2c(=O)n1C1CCC(=O)NC1=O.O=C(O)C(F)(F)F. The molecule has 2 aromatic rings. The number of rotatable bonds is 4. The van der Waals surface area contributed by atoms with Gasteiger partial charge in [-0.05, 0) is 62.0 Å². The number of para-hydroxylation sites is 1. The molecule has 1 aromatic carbocycles. The Morgan fingerprint density at radius 3 is 2.24 bits per heavy atom. The Labute approximate surface area is 235 Å². The summed E-state index contributed by atoms with van der Waals surface area (Å²) >= 11 is 0. The molecule has 0 bridgehead atoms. The molecule has 1 aliphatic heterocycles. The lowest BCUT2D eigenvalue weighted by Gasteiger charge is -2.42. The Balaban J connectivity index is 0.000000451. The van der Waals surface area contributed by atoms with Gasteiger partial charge in [-0.15, -0.1) is 0 Å². The summed E-state index contributed by atoms with van der Waals surface area (Å²) in [6, 6.07) is 4.11. The van der Waals surface area contributed by atoms with E-state index in [-0.39, 0.29) is 52.7 Å². The largest absolute Gasteiger partial charge is 0.490 e. The molecule has 12 nitrogen and oxygen atoms in total. The van der Waals surface area contributed by atoms with Crippen LogP contribution in [-0.2, 0) is 24.0 Å². The van der Waals surface area contributed by atoms with E-state index < -0.39 is 35.6 Å². The third-order valence-corrected chi connectivity index (χ3v) is 9.23. The number of nitrogens with zero attached hydrogens (tertiary/aromatic N) is 2. The predicted octanol–water partition coefficient (Wildman–Crippen LogP) is 2.54. The number of carbonyl (C=O) groups is 5. The highest BCUT2D eigenvalue weighted by atomic mass is 19.4. The van der Waals surface area contributed by atoms with Gasteiger partial charge in [0, 0.05) is 12.3 Å². The number of aryl methyl sites for hydroxylation is 1. The van der Waals surface area contributed by atoms with Crippen molar-refractivity contribution >= 4 is 46.3 Å². The van der Waals surface area contributed by atoms with Crippen LogP contribution in [0.4, 0.5) is 18.9 Å². The number of hydrogen-bond acceptors (Lipinski definition) is 7. The molecule has 3 saturated carbocycles. The number of benzene rings is 1. The van der Waals surface area contributed by atoms with Gasteiger partial charge < -0.3 is 15.5 Å². The van der Waals surface area contributed by atoms with E-state index in [9.17, 15) is 42.3 Å². The van der Waals surface area contributed by atoms with E-state index in [2.05, 4.69) is 15.6 Å². The number of imide groups is 1. The van der Waals surface area contributed by atoms with Crippen LogP contribution in [0.25, 0.3) is 10.9 Å². The molecule has 15 heteroatoms. The second kappa shape index (κ2) is 9.91. The summed E-state index contributed by atoms with van der Waals surface area (Å²) in [5, 5.41) is 22.2. The highest BCUT2D eigenvalue weighted by molar-refractivity contribution is 6.02. The fourth-order valence-electron chi connectivity index (χ4n) is 7.16. The molecule has 2 spiro atoms. The Kier molecular flexibility index (Phi) is 6.89. The number of amides is 3. The van der Waals surface area contributed by atoms with E-state index >= 15 is 0 Å². The predicted molar refractivity (Wildman–Crippen MR) is 137 cm³/mol. The van der Waals surface area contributed by atoms with Crippen LogP contribution >= 0.6 is 0 Å². The Morgan fingerprint density at radius 1 is 1.10 bits per heavy atom. The third kappa shape index (κ3) is 4.50. The number of carbonyl (C=O) groups excluding carboxylic acids is 3. The maximum Gasteiger partial charge on any atom is 0.490 e. The highest BCUT2D eigenvalue weighted by Crippen LogP contribution is 2.85. The van der Waals surface area contributed by atoms with Crippen molar-refractivity contribution in [2.75, 3.05) is 5.32 Å². The van der Waals surface area contributed by atoms with Crippen molar-refractivity contribution < 1.29 is 47.4 Å². The first-order valence-corrected chi connectivity index (χ1v) is 13.3. The molecule has 2 unspecified atom stereocenters. The Hall–Kier alpha value is -4.30. The van der Waals surface area contributed by atoms with Crippen molar-refractivity contribution in [3.05, 3.63) is 34.4 Å². The smallest absolute Gasteiger partial charge is 0.481 e. The van der Waals surface area contributed by atoms with E-state index in [1.54, 1.807) is 25.1 Å². The van der Waals surface area contributed by atoms with Crippen molar-refractivity contribution in [1.29, 1.82) is 0 Å². The monoisotopic (exact) mass is 592 g/mol. The van der Waals surface area contributed by atoms with Crippen LogP contribution < -0.4 is 16.2 Å². The summed E-state index contributed by atoms with van der Waals surface area (Å²) in [6.07, 6.45) is -0.639. The lowest BCUT2D eigenvalue weighted by atomic mass is 9.62. The molecule has 4 fully saturated rings. The molecule has 2 heterocycles. The van der Waals surface area contributed by atoms with Gasteiger partial charge in [0.25, 0.3) is 5.56 Å². The lowest BCUT2D eigenvalue weighted by molar-refractivity contribution is -0.192. The topological polar surface area (TPSA) is 185 Å². The molecule has 1 aromatic heterocycles. The summed E-state index contributed by atoms with van der Waals surface area (Å²) in [6.45, 7) is 1.62. The van der Waals surface area contributed by atoms with Crippen molar-refractivity contribution in [3.8, 4) is 0 Å². The Bertz CT molecular complexity index is 1590. The zero-order chi connectivity index (χ0) is 30.8. The number of aromatic nitrogens is 2. The van der Waals surface area contributed by atoms with Crippen LogP contribution in [0.1, 0.15) is 56.8 Å². The van der Waals surface area contributed by atoms with E-state index in [1.165, 1.54) is 4.57 Å². The average Bonchev–Trinajstić information content (AvgIpc) is 3.51. The third-order valence-electron chi connectivity index (χ3n) is 9.23. The number of nitrogens with one attached hydrogen (secondary N) is 2. The summed E-state index contributed by atoms with van der Waals surface area (Å²) < 4.78 is 33.0. The number of carboxylic acids is 2. The first kappa shape index (κ1) is 29.2. The van der Waals surface area contributed by atoms with Crippen LogP contribution in [0.15, 0.2) is 23.0 Å². The number of alkyl halides is 3. The molecule has 42 heavy (non-hydrogen) atoms. The molecule has 4 N–H and O–H groups in total.